The van der Waals surface area contributed by atoms with E-state index in [1.165, 1.54) is 25.3 Å². The second-order valence-corrected chi connectivity index (χ2v) is 7.57. The molecule has 0 fully saturated rings. The smallest absolute Gasteiger partial charge is 0.315 e. The van der Waals surface area contributed by atoms with Gasteiger partial charge in [-0.05, 0) is 30.5 Å². The summed E-state index contributed by atoms with van der Waals surface area (Å²) in [6.07, 6.45) is -0.474. The minimum atomic E-state index is -3.74. The normalized spacial score (nSPS) is 11.0. The van der Waals surface area contributed by atoms with Gasteiger partial charge in [-0.3, -0.25) is 9.59 Å². The first-order valence-electron chi connectivity index (χ1n) is 6.60. The second-order valence-electron chi connectivity index (χ2n) is 4.73. The van der Waals surface area contributed by atoms with E-state index in [9.17, 15) is 18.0 Å². The summed E-state index contributed by atoms with van der Waals surface area (Å²) in [5.41, 5.74) is 0.945. The van der Waals surface area contributed by atoms with E-state index in [0.29, 0.717) is 0 Å². The third-order valence-corrected chi connectivity index (χ3v) is 5.81. The summed E-state index contributed by atoms with van der Waals surface area (Å²) in [6.45, 7) is 1.86. The molecule has 2 rings (SSSR count). The maximum absolute atomic E-state index is 12.7. The summed E-state index contributed by atoms with van der Waals surface area (Å²) in [5.74, 6) is -1.32. The topological polar surface area (TPSA) is 89.5 Å². The van der Waals surface area contributed by atoms with Crippen molar-refractivity contribution < 1.29 is 22.7 Å². The van der Waals surface area contributed by atoms with Gasteiger partial charge < -0.3 is 10.1 Å². The number of hydrogen-bond donors (Lipinski definition) is 1. The van der Waals surface area contributed by atoms with Crippen LogP contribution in [-0.4, -0.2) is 27.4 Å². The Labute approximate surface area is 138 Å². The van der Waals surface area contributed by atoms with E-state index >= 15 is 0 Å². The van der Waals surface area contributed by atoms with Crippen molar-refractivity contribution in [3.8, 4) is 0 Å². The van der Waals surface area contributed by atoms with Crippen molar-refractivity contribution in [3.63, 3.8) is 0 Å². The van der Waals surface area contributed by atoms with Crippen LogP contribution in [-0.2, 0) is 24.2 Å². The second kappa shape index (κ2) is 6.93. The van der Waals surface area contributed by atoms with Gasteiger partial charge in [-0.25, -0.2) is 8.42 Å². The van der Waals surface area contributed by atoms with Crippen LogP contribution in [0.25, 0.3) is 0 Å². The van der Waals surface area contributed by atoms with Crippen molar-refractivity contribution in [2.45, 2.75) is 23.1 Å². The van der Waals surface area contributed by atoms with Crippen LogP contribution in [0.1, 0.15) is 12.0 Å². The van der Waals surface area contributed by atoms with E-state index in [0.717, 1.165) is 16.9 Å². The lowest BCUT2D eigenvalue weighted by molar-refractivity contribution is -0.142. The Kier molecular flexibility index (Phi) is 5.17. The largest absolute Gasteiger partial charge is 0.469 e. The summed E-state index contributed by atoms with van der Waals surface area (Å²) in [4.78, 5) is 23.0. The molecule has 0 aliphatic carbocycles. The monoisotopic (exact) mass is 353 g/mol. The molecule has 6 nitrogen and oxygen atoms in total. The Morgan fingerprint density at radius 1 is 1.17 bits per heavy atom. The zero-order valence-corrected chi connectivity index (χ0v) is 14.2. The minimum absolute atomic E-state index is 0.00423. The molecule has 1 heterocycles. The first-order chi connectivity index (χ1) is 10.8. The van der Waals surface area contributed by atoms with Gasteiger partial charge in [0.2, 0.25) is 15.7 Å². The molecule has 1 aromatic heterocycles. The van der Waals surface area contributed by atoms with Gasteiger partial charge in [0.15, 0.2) is 0 Å². The first kappa shape index (κ1) is 17.2. The predicted molar refractivity (Wildman–Crippen MR) is 86.2 cm³/mol. The molecule has 1 aromatic carbocycles. The number of rotatable bonds is 5. The molecule has 0 aliphatic rings. The summed E-state index contributed by atoms with van der Waals surface area (Å²) in [7, 11) is -2.57. The number of benzene rings is 1. The quantitative estimate of drug-likeness (QED) is 0.658. The van der Waals surface area contributed by atoms with Crippen molar-refractivity contribution >= 4 is 38.1 Å². The molecule has 0 saturated heterocycles. The number of methoxy groups -OCH3 is 1. The third kappa shape index (κ3) is 3.96. The van der Waals surface area contributed by atoms with Gasteiger partial charge in [-0.15, -0.1) is 11.3 Å². The average molecular weight is 353 g/mol. The Morgan fingerprint density at radius 2 is 1.83 bits per heavy atom. The molecule has 0 saturated carbocycles. The molecule has 0 aliphatic heterocycles. The summed E-state index contributed by atoms with van der Waals surface area (Å²) < 4.78 is 29.7. The molecule has 1 amide bonds. The highest BCUT2D eigenvalue weighted by Gasteiger charge is 2.24. The van der Waals surface area contributed by atoms with E-state index < -0.39 is 28.1 Å². The molecule has 122 valence electrons. The Hall–Kier alpha value is -2.19. The Morgan fingerprint density at radius 3 is 2.43 bits per heavy atom. The van der Waals surface area contributed by atoms with Gasteiger partial charge >= 0.3 is 5.97 Å². The van der Waals surface area contributed by atoms with Crippen molar-refractivity contribution in [1.82, 2.24) is 0 Å². The van der Waals surface area contributed by atoms with Gasteiger partial charge in [0.05, 0.1) is 12.0 Å². The summed E-state index contributed by atoms with van der Waals surface area (Å²) >= 11 is 1.07. The van der Waals surface area contributed by atoms with Crippen molar-refractivity contribution in [1.29, 1.82) is 0 Å². The predicted octanol–water partition coefficient (Wildman–Crippen LogP) is 2.39. The number of carbonyl (C=O) groups excluding carboxylic acids is 2. The number of hydrogen-bond acceptors (Lipinski definition) is 6. The number of amides is 1. The maximum Gasteiger partial charge on any atom is 0.315 e. The summed E-state index contributed by atoms with van der Waals surface area (Å²) in [6, 6.07) is 7.86. The van der Waals surface area contributed by atoms with E-state index in [1.54, 1.807) is 17.5 Å². The fourth-order valence-corrected chi connectivity index (χ4v) is 4.37. The van der Waals surface area contributed by atoms with Gasteiger partial charge in [-0.1, -0.05) is 17.7 Å². The molecule has 1 N–H and O–H groups in total. The van der Waals surface area contributed by atoms with Gasteiger partial charge in [0.25, 0.3) is 0 Å². The van der Waals surface area contributed by atoms with E-state index in [-0.39, 0.29) is 14.8 Å². The zero-order valence-electron chi connectivity index (χ0n) is 12.5. The Bertz CT molecular complexity index is 822. The van der Waals surface area contributed by atoms with Gasteiger partial charge in [0, 0.05) is 0 Å². The number of anilines is 1. The molecule has 0 unspecified atom stereocenters. The molecule has 0 bridgehead atoms. The van der Waals surface area contributed by atoms with Gasteiger partial charge in [-0.2, -0.15) is 0 Å². The molecule has 0 atom stereocenters. The van der Waals surface area contributed by atoms with Crippen LogP contribution in [0.3, 0.4) is 0 Å². The molecule has 0 radical (unpaired) electrons. The maximum atomic E-state index is 12.7. The molecule has 2 aromatic rings. The number of ether oxygens (including phenoxy) is 1. The Balaban J connectivity index is 2.28. The number of aryl methyl sites for hydroxylation is 1. The lowest BCUT2D eigenvalue weighted by Crippen LogP contribution is -2.17. The first-order valence-corrected chi connectivity index (χ1v) is 8.97. The standard InChI is InChI=1S/C15H15NO5S2/c1-10-3-5-11(6-4-10)23(19,20)12-7-8-22-15(12)16-13(17)9-14(18)21-2/h3-8H,9H2,1-2H3,(H,16,17). The third-order valence-electron chi connectivity index (χ3n) is 3.04. The highest BCUT2D eigenvalue weighted by atomic mass is 32.2. The minimum Gasteiger partial charge on any atom is -0.469 e. The van der Waals surface area contributed by atoms with E-state index in [2.05, 4.69) is 10.1 Å². The van der Waals surface area contributed by atoms with Crippen molar-refractivity contribution in [3.05, 3.63) is 41.3 Å². The SMILES string of the molecule is COC(=O)CC(=O)Nc1sccc1S(=O)(=O)c1ccc(C)cc1. The number of carbonyl (C=O) groups is 2. The molecular formula is C15H15NO5S2. The fourth-order valence-electron chi connectivity index (χ4n) is 1.82. The van der Waals surface area contributed by atoms with Crippen LogP contribution in [0, 0.1) is 6.92 Å². The van der Waals surface area contributed by atoms with Crippen LogP contribution in [0.5, 0.6) is 0 Å². The van der Waals surface area contributed by atoms with Gasteiger partial charge in [0.1, 0.15) is 16.3 Å². The molecule has 0 spiro atoms. The number of esters is 1. The van der Waals surface area contributed by atoms with Crippen LogP contribution in [0.4, 0.5) is 5.00 Å². The van der Waals surface area contributed by atoms with E-state index in [1.807, 2.05) is 6.92 Å². The number of sulfone groups is 1. The summed E-state index contributed by atoms with van der Waals surface area (Å²) in [5, 5.41) is 4.19. The van der Waals surface area contributed by atoms with Crippen LogP contribution in [0.2, 0.25) is 0 Å². The molecular weight excluding hydrogens is 338 g/mol. The van der Waals surface area contributed by atoms with Crippen LogP contribution in [0.15, 0.2) is 45.5 Å². The highest BCUT2D eigenvalue weighted by molar-refractivity contribution is 7.91. The fraction of sp³-hybridized carbons (Fsp3) is 0.200. The lowest BCUT2D eigenvalue weighted by Gasteiger charge is -2.07. The highest BCUT2D eigenvalue weighted by Crippen LogP contribution is 2.32. The van der Waals surface area contributed by atoms with Crippen LogP contribution < -0.4 is 5.32 Å². The molecule has 23 heavy (non-hydrogen) atoms. The van der Waals surface area contributed by atoms with Crippen molar-refractivity contribution in [2.75, 3.05) is 12.4 Å². The van der Waals surface area contributed by atoms with Crippen LogP contribution >= 0.6 is 11.3 Å². The number of thiophene rings is 1. The lowest BCUT2D eigenvalue weighted by atomic mass is 10.2. The van der Waals surface area contributed by atoms with Crippen molar-refractivity contribution in [2.24, 2.45) is 0 Å². The average Bonchev–Trinajstić information content (AvgIpc) is 2.96. The number of nitrogens with one attached hydrogen (secondary N) is 1. The molecule has 8 heteroatoms. The van der Waals surface area contributed by atoms with E-state index in [4.69, 9.17) is 0 Å². The zero-order chi connectivity index (χ0) is 17.0.